The van der Waals surface area contributed by atoms with Gasteiger partial charge in [0, 0.05) is 5.02 Å². The van der Waals surface area contributed by atoms with E-state index < -0.39 is 11.5 Å². The zero-order valence-electron chi connectivity index (χ0n) is 13.2. The van der Waals surface area contributed by atoms with Crippen molar-refractivity contribution in [1.82, 2.24) is 9.55 Å². The molecule has 25 heavy (non-hydrogen) atoms. The molecule has 0 aliphatic heterocycles. The predicted molar refractivity (Wildman–Crippen MR) is 101 cm³/mol. The van der Waals surface area contributed by atoms with Crippen LogP contribution in [0, 0.1) is 11.7 Å². The molecule has 0 saturated carbocycles. The molecule has 0 saturated heterocycles. The molecular weight excluding hydrogens is 383 g/mol. The lowest BCUT2D eigenvalue weighted by Gasteiger charge is -2.12. The second-order valence-corrected chi connectivity index (χ2v) is 6.57. The Bertz CT molecular complexity index is 1140. The van der Waals surface area contributed by atoms with Crippen LogP contribution >= 0.6 is 35.4 Å². The van der Waals surface area contributed by atoms with Crippen LogP contribution in [0.4, 0.5) is 0 Å². The molecule has 8 heteroatoms. The topological polar surface area (TPSA) is 64.1 Å². The Morgan fingerprint density at radius 3 is 2.68 bits per heavy atom. The van der Waals surface area contributed by atoms with Gasteiger partial charge in [0.05, 0.1) is 28.6 Å². The highest BCUT2D eigenvalue weighted by Gasteiger charge is 2.20. The number of hydrogen-bond donors (Lipinski definition) is 1. The average molecular weight is 395 g/mol. The third-order valence-corrected chi connectivity index (χ3v) is 4.57. The summed E-state index contributed by atoms with van der Waals surface area (Å²) in [5.74, 6) is -0.206. The minimum Gasteiger partial charge on any atom is -0.496 e. The third-order valence-electron chi connectivity index (χ3n) is 3.77. The molecule has 5 nitrogen and oxygen atoms in total. The van der Waals surface area contributed by atoms with Crippen LogP contribution in [0.5, 0.6) is 5.75 Å². The maximum atomic E-state index is 13.0. The van der Waals surface area contributed by atoms with E-state index in [9.17, 15) is 9.59 Å². The molecule has 0 radical (unpaired) electrons. The van der Waals surface area contributed by atoms with Crippen molar-refractivity contribution in [2.45, 2.75) is 6.92 Å². The number of aromatic nitrogens is 2. The second-order valence-electron chi connectivity index (χ2n) is 5.34. The Labute approximate surface area is 157 Å². The summed E-state index contributed by atoms with van der Waals surface area (Å²) in [4.78, 5) is 28.6. The third kappa shape index (κ3) is 2.97. The van der Waals surface area contributed by atoms with Crippen LogP contribution in [0.3, 0.4) is 0 Å². The number of hydrogen-bond acceptors (Lipinski definition) is 4. The van der Waals surface area contributed by atoms with Crippen molar-refractivity contribution < 1.29 is 9.53 Å². The monoisotopic (exact) mass is 394 g/mol. The molecule has 0 amide bonds. The standard InChI is InChI=1S/C17H12Cl2N2O3S/c1-8-4-3-5-10(14(8)24-2)15(22)21-16(23)11-6-9(18)7-12(19)13(11)20-17(21)25/h3-7H,1-2H3,(H,20,25). The summed E-state index contributed by atoms with van der Waals surface area (Å²) in [6, 6.07) is 8.01. The van der Waals surface area contributed by atoms with Crippen molar-refractivity contribution in [3.63, 3.8) is 0 Å². The molecule has 1 N–H and O–H groups in total. The molecule has 0 aliphatic carbocycles. The van der Waals surface area contributed by atoms with E-state index in [0.717, 1.165) is 10.1 Å². The molecule has 3 rings (SSSR count). The Balaban J connectivity index is 2.34. The van der Waals surface area contributed by atoms with Crippen molar-refractivity contribution in [2.75, 3.05) is 7.11 Å². The van der Waals surface area contributed by atoms with Crippen LogP contribution in [0.25, 0.3) is 10.9 Å². The number of H-pyrrole nitrogens is 1. The number of aryl methyl sites for hydroxylation is 1. The maximum absolute atomic E-state index is 13.0. The molecule has 0 fully saturated rings. The van der Waals surface area contributed by atoms with Crippen molar-refractivity contribution in [2.24, 2.45) is 0 Å². The van der Waals surface area contributed by atoms with Gasteiger partial charge in [0.25, 0.3) is 11.5 Å². The van der Waals surface area contributed by atoms with Gasteiger partial charge in [-0.1, -0.05) is 35.3 Å². The first kappa shape index (κ1) is 17.7. The van der Waals surface area contributed by atoms with Gasteiger partial charge >= 0.3 is 0 Å². The highest BCUT2D eigenvalue weighted by molar-refractivity contribution is 7.71. The van der Waals surface area contributed by atoms with Gasteiger partial charge in [-0.2, -0.15) is 0 Å². The minimum atomic E-state index is -0.600. The molecule has 3 aromatic rings. The van der Waals surface area contributed by atoms with Crippen molar-refractivity contribution in [1.29, 1.82) is 0 Å². The Hall–Kier alpha value is -2.15. The number of benzene rings is 2. The number of nitrogens with zero attached hydrogens (tertiary/aromatic N) is 1. The molecule has 1 heterocycles. The van der Waals surface area contributed by atoms with E-state index in [1.807, 2.05) is 0 Å². The number of carbonyl (C=O) groups excluding carboxylic acids is 1. The zero-order valence-corrected chi connectivity index (χ0v) is 15.6. The number of fused-ring (bicyclic) bond motifs is 1. The number of aromatic amines is 1. The number of para-hydroxylation sites is 1. The quantitative estimate of drug-likeness (QED) is 0.655. The average Bonchev–Trinajstić information content (AvgIpc) is 2.55. The van der Waals surface area contributed by atoms with Crippen LogP contribution in [0.2, 0.25) is 10.0 Å². The predicted octanol–water partition coefficient (Wildman–Crippen LogP) is 4.37. The Morgan fingerprint density at radius 1 is 1.28 bits per heavy atom. The van der Waals surface area contributed by atoms with Crippen molar-refractivity contribution >= 4 is 52.2 Å². The number of nitrogens with one attached hydrogen (secondary N) is 1. The summed E-state index contributed by atoms with van der Waals surface area (Å²) in [5, 5.41) is 0.705. The van der Waals surface area contributed by atoms with Gasteiger partial charge in [0.2, 0.25) is 0 Å². The van der Waals surface area contributed by atoms with Crippen molar-refractivity contribution in [3.05, 3.63) is 66.6 Å². The van der Waals surface area contributed by atoms with E-state index >= 15 is 0 Å². The van der Waals surface area contributed by atoms with E-state index in [4.69, 9.17) is 40.2 Å². The first-order valence-electron chi connectivity index (χ1n) is 7.17. The summed E-state index contributed by atoms with van der Waals surface area (Å²) in [7, 11) is 1.46. The fourth-order valence-electron chi connectivity index (χ4n) is 2.64. The lowest BCUT2D eigenvalue weighted by Crippen LogP contribution is -2.29. The summed E-state index contributed by atoms with van der Waals surface area (Å²) in [6.07, 6.45) is 0. The fraction of sp³-hybridized carbons (Fsp3) is 0.118. The molecule has 128 valence electrons. The van der Waals surface area contributed by atoms with Crippen LogP contribution in [-0.2, 0) is 0 Å². The zero-order chi connectivity index (χ0) is 18.3. The lowest BCUT2D eigenvalue weighted by molar-refractivity contribution is 0.0950. The smallest absolute Gasteiger partial charge is 0.270 e. The molecular formula is C17H12Cl2N2O3S. The van der Waals surface area contributed by atoms with Crippen LogP contribution in [0.15, 0.2) is 35.1 Å². The van der Waals surface area contributed by atoms with E-state index in [1.165, 1.54) is 19.2 Å². The number of methoxy groups -OCH3 is 1. The van der Waals surface area contributed by atoms with Gasteiger partial charge in [-0.15, -0.1) is 0 Å². The minimum absolute atomic E-state index is 0.0599. The van der Waals surface area contributed by atoms with Gasteiger partial charge in [-0.3, -0.25) is 9.59 Å². The first-order chi connectivity index (χ1) is 11.8. The van der Waals surface area contributed by atoms with Crippen LogP contribution in [-0.4, -0.2) is 22.6 Å². The molecule has 0 atom stereocenters. The lowest BCUT2D eigenvalue weighted by atomic mass is 10.1. The van der Waals surface area contributed by atoms with Crippen LogP contribution < -0.4 is 10.3 Å². The largest absolute Gasteiger partial charge is 0.496 e. The normalized spacial score (nSPS) is 10.9. The van der Waals surface area contributed by atoms with Gasteiger partial charge in [0.15, 0.2) is 4.77 Å². The van der Waals surface area contributed by atoms with E-state index in [1.54, 1.807) is 25.1 Å². The summed E-state index contributed by atoms with van der Waals surface area (Å²) >= 11 is 17.3. The van der Waals surface area contributed by atoms with Gasteiger partial charge < -0.3 is 9.72 Å². The molecule has 1 aromatic heterocycles. The summed E-state index contributed by atoms with van der Waals surface area (Å²) in [5.41, 5.74) is 0.734. The molecule has 2 aromatic carbocycles. The second kappa shape index (κ2) is 6.63. The highest BCUT2D eigenvalue weighted by atomic mass is 35.5. The van der Waals surface area contributed by atoms with Gasteiger partial charge in [0.1, 0.15) is 5.75 Å². The van der Waals surface area contributed by atoms with E-state index in [0.29, 0.717) is 11.3 Å². The molecule has 0 spiro atoms. The summed E-state index contributed by atoms with van der Waals surface area (Å²) in [6.45, 7) is 1.80. The van der Waals surface area contributed by atoms with E-state index in [2.05, 4.69) is 4.98 Å². The Morgan fingerprint density at radius 2 is 2.00 bits per heavy atom. The Kier molecular flexibility index (Phi) is 4.69. The van der Waals surface area contributed by atoms with Crippen LogP contribution in [0.1, 0.15) is 15.9 Å². The number of ether oxygens (including phenoxy) is 1. The van der Waals surface area contributed by atoms with Crippen molar-refractivity contribution in [3.8, 4) is 5.75 Å². The van der Waals surface area contributed by atoms with Gasteiger partial charge in [-0.25, -0.2) is 4.57 Å². The van der Waals surface area contributed by atoms with E-state index in [-0.39, 0.29) is 25.8 Å². The SMILES string of the molecule is COc1c(C)cccc1C(=O)n1c(=S)[nH]c2c(Cl)cc(Cl)cc2c1=O. The molecule has 0 bridgehead atoms. The fourth-order valence-corrected chi connectivity index (χ4v) is 3.45. The highest BCUT2D eigenvalue weighted by Crippen LogP contribution is 2.26. The number of halogens is 2. The number of rotatable bonds is 2. The molecule has 0 aliphatic rings. The summed E-state index contributed by atoms with van der Waals surface area (Å²) < 4.78 is 6.12. The molecule has 0 unspecified atom stereocenters. The maximum Gasteiger partial charge on any atom is 0.270 e. The number of carbonyl (C=O) groups is 1. The first-order valence-corrected chi connectivity index (χ1v) is 8.34. The van der Waals surface area contributed by atoms with Gasteiger partial charge in [-0.05, 0) is 42.9 Å².